The van der Waals surface area contributed by atoms with Gasteiger partial charge < -0.3 is 19.8 Å². The van der Waals surface area contributed by atoms with E-state index in [0.717, 1.165) is 25.7 Å². The number of ether oxygens (including phenoxy) is 1. The maximum absolute atomic E-state index is 13.7. The van der Waals surface area contributed by atoms with Gasteiger partial charge in [-0.15, -0.1) is 0 Å². The molecule has 2 heterocycles. The molecule has 0 aliphatic heterocycles. The van der Waals surface area contributed by atoms with E-state index in [1.54, 1.807) is 54.9 Å². The summed E-state index contributed by atoms with van der Waals surface area (Å²) in [6, 6.07) is 12.6. The minimum absolute atomic E-state index is 0.0626. The summed E-state index contributed by atoms with van der Waals surface area (Å²) in [4.78, 5) is 45.3. The van der Waals surface area contributed by atoms with Gasteiger partial charge in [0.15, 0.2) is 5.76 Å². The van der Waals surface area contributed by atoms with Crippen LogP contribution < -0.4 is 20.3 Å². The van der Waals surface area contributed by atoms with Gasteiger partial charge in [-0.3, -0.25) is 24.3 Å². The summed E-state index contributed by atoms with van der Waals surface area (Å²) >= 11 is 0. The van der Waals surface area contributed by atoms with E-state index in [1.165, 1.54) is 17.2 Å². The van der Waals surface area contributed by atoms with Crippen molar-refractivity contribution in [3.05, 3.63) is 78.5 Å². The lowest BCUT2D eigenvalue weighted by Gasteiger charge is -2.32. The Bertz CT molecular complexity index is 1140. The Labute approximate surface area is 209 Å². The van der Waals surface area contributed by atoms with Crippen molar-refractivity contribution in [3.63, 3.8) is 0 Å². The number of carbonyl (C=O) groups is 3. The van der Waals surface area contributed by atoms with Crippen molar-refractivity contribution in [2.24, 2.45) is 0 Å². The summed E-state index contributed by atoms with van der Waals surface area (Å²) in [6.45, 7) is 2.06. The van der Waals surface area contributed by atoms with Gasteiger partial charge in [-0.2, -0.15) is 0 Å². The van der Waals surface area contributed by atoms with Gasteiger partial charge in [0.25, 0.3) is 5.91 Å². The van der Waals surface area contributed by atoms with E-state index in [0.29, 0.717) is 23.6 Å². The molecule has 1 aliphatic carbocycles. The SMILES string of the molecule is CCOc1ccc(N(C(=O)CNC(=O)c2ccco2)[C@@H](C(=O)NC2CCCC2)c2cccnc2)cc1. The van der Waals surface area contributed by atoms with Crippen LogP contribution in [0.2, 0.25) is 0 Å². The van der Waals surface area contributed by atoms with Crippen LogP contribution >= 0.6 is 0 Å². The third-order valence-electron chi connectivity index (χ3n) is 6.05. The second-order valence-electron chi connectivity index (χ2n) is 8.53. The zero-order valence-corrected chi connectivity index (χ0v) is 20.2. The smallest absolute Gasteiger partial charge is 0.287 e. The first-order valence-corrected chi connectivity index (χ1v) is 12.1. The minimum atomic E-state index is -0.981. The van der Waals surface area contributed by atoms with Gasteiger partial charge >= 0.3 is 0 Å². The molecule has 1 aliphatic rings. The van der Waals surface area contributed by atoms with Crippen molar-refractivity contribution in [1.82, 2.24) is 15.6 Å². The fraction of sp³-hybridized carbons (Fsp3) is 0.333. The zero-order valence-electron chi connectivity index (χ0n) is 20.2. The summed E-state index contributed by atoms with van der Waals surface area (Å²) in [5.74, 6) is -0.538. The third-order valence-corrected chi connectivity index (χ3v) is 6.05. The highest BCUT2D eigenvalue weighted by Gasteiger charge is 2.34. The lowest BCUT2D eigenvalue weighted by atomic mass is 10.0. The Kier molecular flexibility index (Phi) is 8.33. The van der Waals surface area contributed by atoms with Crippen molar-refractivity contribution < 1.29 is 23.5 Å². The molecule has 1 aromatic carbocycles. The standard InChI is InChI=1S/C27H30N4O5/c1-2-35-22-13-11-21(12-14-22)31(24(32)18-29-26(33)23-10-6-16-36-23)25(19-7-5-15-28-17-19)27(34)30-20-8-3-4-9-20/h5-7,10-17,20,25H,2-4,8-9,18H2,1H3,(H,29,33)(H,30,34)/t25-/m1/s1. The number of amides is 3. The maximum Gasteiger partial charge on any atom is 0.287 e. The van der Waals surface area contributed by atoms with Gasteiger partial charge in [-0.05, 0) is 62.2 Å². The summed E-state index contributed by atoms with van der Waals surface area (Å²) in [5.41, 5.74) is 1.05. The van der Waals surface area contributed by atoms with E-state index >= 15 is 0 Å². The molecule has 0 saturated heterocycles. The molecule has 2 N–H and O–H groups in total. The predicted molar refractivity (Wildman–Crippen MR) is 134 cm³/mol. The lowest BCUT2D eigenvalue weighted by Crippen LogP contribution is -2.49. The number of rotatable bonds is 10. The number of nitrogens with one attached hydrogen (secondary N) is 2. The molecule has 0 spiro atoms. The van der Waals surface area contributed by atoms with Crippen LogP contribution in [0.5, 0.6) is 5.75 Å². The Balaban J connectivity index is 1.66. The van der Waals surface area contributed by atoms with E-state index < -0.39 is 17.9 Å². The average molecular weight is 491 g/mol. The average Bonchev–Trinajstić information content (AvgIpc) is 3.62. The summed E-state index contributed by atoms with van der Waals surface area (Å²) < 4.78 is 10.7. The number of furan rings is 1. The molecule has 1 saturated carbocycles. The van der Waals surface area contributed by atoms with Crippen molar-refractivity contribution in [2.45, 2.75) is 44.7 Å². The fourth-order valence-electron chi connectivity index (χ4n) is 4.35. The van der Waals surface area contributed by atoms with Gasteiger partial charge in [-0.25, -0.2) is 0 Å². The van der Waals surface area contributed by atoms with Crippen LogP contribution in [-0.4, -0.2) is 41.9 Å². The summed E-state index contributed by atoms with van der Waals surface area (Å²) in [7, 11) is 0. The number of hydrogen-bond donors (Lipinski definition) is 2. The molecule has 1 atom stereocenters. The van der Waals surface area contributed by atoms with Crippen LogP contribution in [0.3, 0.4) is 0 Å². The first-order chi connectivity index (χ1) is 17.6. The Morgan fingerprint density at radius 2 is 1.89 bits per heavy atom. The number of nitrogens with zero attached hydrogens (tertiary/aromatic N) is 2. The van der Waals surface area contributed by atoms with Crippen LogP contribution in [0.15, 0.2) is 71.6 Å². The van der Waals surface area contributed by atoms with E-state index in [9.17, 15) is 14.4 Å². The number of aromatic nitrogens is 1. The molecule has 3 aromatic rings. The van der Waals surface area contributed by atoms with Crippen LogP contribution in [0, 0.1) is 0 Å². The molecule has 0 radical (unpaired) electrons. The van der Waals surface area contributed by atoms with Crippen molar-refractivity contribution in [3.8, 4) is 5.75 Å². The summed E-state index contributed by atoms with van der Waals surface area (Å²) in [6.07, 6.45) is 8.50. The van der Waals surface area contributed by atoms with Crippen molar-refractivity contribution in [2.75, 3.05) is 18.1 Å². The topological polar surface area (TPSA) is 114 Å². The van der Waals surface area contributed by atoms with E-state index in [1.807, 2.05) is 6.92 Å². The minimum Gasteiger partial charge on any atom is -0.494 e. The van der Waals surface area contributed by atoms with Crippen LogP contribution in [0.4, 0.5) is 5.69 Å². The maximum atomic E-state index is 13.7. The Morgan fingerprint density at radius 3 is 2.53 bits per heavy atom. The molecule has 0 bridgehead atoms. The number of pyridine rings is 1. The number of carbonyl (C=O) groups excluding carboxylic acids is 3. The molecule has 3 amide bonds. The molecule has 1 fully saturated rings. The van der Waals surface area contributed by atoms with Gasteiger partial charge in [0.2, 0.25) is 11.8 Å². The highest BCUT2D eigenvalue weighted by atomic mass is 16.5. The Morgan fingerprint density at radius 1 is 1.11 bits per heavy atom. The first-order valence-electron chi connectivity index (χ1n) is 12.1. The lowest BCUT2D eigenvalue weighted by molar-refractivity contribution is -0.126. The molecule has 36 heavy (non-hydrogen) atoms. The normalized spacial score (nSPS) is 14.1. The molecule has 2 aromatic heterocycles. The second kappa shape index (κ2) is 12.0. The predicted octanol–water partition coefficient (Wildman–Crippen LogP) is 3.64. The molecule has 9 nitrogen and oxygen atoms in total. The first kappa shape index (κ1) is 25.0. The molecular formula is C27H30N4O5. The third kappa shape index (κ3) is 6.10. The quantitative estimate of drug-likeness (QED) is 0.449. The van der Waals surface area contributed by atoms with Gasteiger partial charge in [0.05, 0.1) is 19.4 Å². The number of anilines is 1. The van der Waals surface area contributed by atoms with E-state index in [-0.39, 0.29) is 24.3 Å². The van der Waals surface area contributed by atoms with Crippen molar-refractivity contribution >= 4 is 23.4 Å². The zero-order chi connectivity index (χ0) is 25.3. The molecule has 9 heteroatoms. The number of hydrogen-bond acceptors (Lipinski definition) is 6. The Hall–Kier alpha value is -4.14. The monoisotopic (exact) mass is 490 g/mol. The number of benzene rings is 1. The second-order valence-corrected chi connectivity index (χ2v) is 8.53. The molecule has 0 unspecified atom stereocenters. The van der Waals surface area contributed by atoms with Gasteiger partial charge in [0, 0.05) is 29.7 Å². The van der Waals surface area contributed by atoms with Gasteiger partial charge in [0.1, 0.15) is 11.8 Å². The van der Waals surface area contributed by atoms with Gasteiger partial charge in [-0.1, -0.05) is 18.9 Å². The van der Waals surface area contributed by atoms with Crippen LogP contribution in [-0.2, 0) is 9.59 Å². The highest BCUT2D eigenvalue weighted by Crippen LogP contribution is 2.30. The van der Waals surface area contributed by atoms with Crippen molar-refractivity contribution in [1.29, 1.82) is 0 Å². The molecule has 4 rings (SSSR count). The van der Waals surface area contributed by atoms with E-state index in [2.05, 4.69) is 15.6 Å². The van der Waals surface area contributed by atoms with Crippen LogP contribution in [0.25, 0.3) is 0 Å². The molecular weight excluding hydrogens is 460 g/mol. The fourth-order valence-corrected chi connectivity index (χ4v) is 4.35. The molecule has 188 valence electrons. The largest absolute Gasteiger partial charge is 0.494 e. The van der Waals surface area contributed by atoms with E-state index in [4.69, 9.17) is 9.15 Å². The summed E-state index contributed by atoms with van der Waals surface area (Å²) in [5, 5.41) is 5.70. The highest BCUT2D eigenvalue weighted by molar-refractivity contribution is 6.04. The van der Waals surface area contributed by atoms with Crippen LogP contribution in [0.1, 0.15) is 54.8 Å².